The summed E-state index contributed by atoms with van der Waals surface area (Å²) in [6.07, 6.45) is 3.91. The monoisotopic (exact) mass is 386 g/mol. The lowest BCUT2D eigenvalue weighted by Crippen LogP contribution is -2.30. The third kappa shape index (κ3) is 3.52. The summed E-state index contributed by atoms with van der Waals surface area (Å²) in [5.41, 5.74) is -0.497. The van der Waals surface area contributed by atoms with E-state index in [4.69, 9.17) is 0 Å². The average Bonchev–Trinajstić information content (AvgIpc) is 3.35. The van der Waals surface area contributed by atoms with Crippen LogP contribution in [0.3, 0.4) is 0 Å². The fourth-order valence-corrected chi connectivity index (χ4v) is 3.79. The van der Waals surface area contributed by atoms with E-state index in [1.807, 2.05) is 0 Å². The number of nitrogens with one attached hydrogen (secondary N) is 2. The second-order valence-electron chi connectivity index (χ2n) is 7.01. The number of nitrogens with zero attached hydrogens (tertiary/aromatic N) is 4. The van der Waals surface area contributed by atoms with Crippen LogP contribution in [0.4, 0.5) is 5.13 Å². The Hall–Kier alpha value is -2.88. The largest absolute Gasteiger partial charge is 0.330 e. The number of hydrogen-bond donors (Lipinski definition) is 2. The predicted molar refractivity (Wildman–Crippen MR) is 101 cm³/mol. The number of aromatic nitrogens is 5. The predicted octanol–water partition coefficient (Wildman–Crippen LogP) is 1.72. The topological polar surface area (TPSA) is 123 Å². The number of amides is 1. The van der Waals surface area contributed by atoms with Crippen LogP contribution < -0.4 is 16.6 Å². The Kier molecular flexibility index (Phi) is 4.34. The van der Waals surface area contributed by atoms with Crippen molar-refractivity contribution in [2.75, 3.05) is 5.32 Å². The second kappa shape index (κ2) is 6.69. The molecule has 1 amide bonds. The highest BCUT2D eigenvalue weighted by atomic mass is 32.1. The number of aromatic amines is 1. The smallest absolute Gasteiger partial charge is 0.296 e. The first-order valence-electron chi connectivity index (χ1n) is 8.70. The van der Waals surface area contributed by atoms with Crippen molar-refractivity contribution in [2.24, 2.45) is 5.92 Å². The van der Waals surface area contributed by atoms with Crippen molar-refractivity contribution in [3.63, 3.8) is 0 Å². The molecule has 3 aromatic heterocycles. The molecule has 1 aliphatic carbocycles. The molecule has 0 unspecified atom stereocenters. The van der Waals surface area contributed by atoms with Crippen LogP contribution in [0.25, 0.3) is 11.0 Å². The number of hydrogen-bond acceptors (Lipinski definition) is 7. The highest BCUT2D eigenvalue weighted by Crippen LogP contribution is 2.34. The fraction of sp³-hybridized carbons (Fsp3) is 0.412. The summed E-state index contributed by atoms with van der Waals surface area (Å²) < 4.78 is 1.49. The maximum Gasteiger partial charge on any atom is 0.330 e. The number of anilines is 1. The van der Waals surface area contributed by atoms with Gasteiger partial charge in [0.25, 0.3) is 11.5 Å². The molecule has 4 rings (SSSR count). The molecule has 9 nitrogen and oxygen atoms in total. The van der Waals surface area contributed by atoms with Gasteiger partial charge in [0.15, 0.2) is 0 Å². The first-order chi connectivity index (χ1) is 12.9. The summed E-state index contributed by atoms with van der Waals surface area (Å²) in [5.74, 6) is 0.0159. The molecular formula is C17H18N6O3S. The number of fused-ring (bicyclic) bond motifs is 1. The number of carbonyl (C=O) groups is 1. The first-order valence-corrected chi connectivity index (χ1v) is 9.52. The van der Waals surface area contributed by atoms with Gasteiger partial charge < -0.3 is 0 Å². The van der Waals surface area contributed by atoms with Crippen molar-refractivity contribution in [1.82, 2.24) is 24.7 Å². The standard InChI is InChI=1S/C17H18N6O3S/c1-8(2)5-12-21-22-16(27-12)19-14(24)9-6-11-13(18-7-9)23(10-3-4-10)17(26)20-15(11)25/h6-8,10H,3-5H2,1-2H3,(H,19,22,24)(H,20,25,26). The van der Waals surface area contributed by atoms with E-state index in [9.17, 15) is 14.4 Å². The Balaban J connectivity index is 1.64. The highest BCUT2D eigenvalue weighted by Gasteiger charge is 2.27. The summed E-state index contributed by atoms with van der Waals surface area (Å²) in [4.78, 5) is 43.2. The van der Waals surface area contributed by atoms with Gasteiger partial charge >= 0.3 is 5.69 Å². The number of H-pyrrole nitrogens is 1. The molecule has 1 saturated carbocycles. The minimum absolute atomic E-state index is 0.0600. The molecule has 10 heteroatoms. The van der Waals surface area contributed by atoms with E-state index in [1.165, 1.54) is 28.2 Å². The summed E-state index contributed by atoms with van der Waals surface area (Å²) in [5, 5.41) is 12.2. The van der Waals surface area contributed by atoms with Crippen LogP contribution in [-0.2, 0) is 6.42 Å². The molecule has 27 heavy (non-hydrogen) atoms. The van der Waals surface area contributed by atoms with E-state index in [2.05, 4.69) is 39.3 Å². The third-order valence-electron chi connectivity index (χ3n) is 4.22. The van der Waals surface area contributed by atoms with Crippen molar-refractivity contribution < 1.29 is 4.79 Å². The van der Waals surface area contributed by atoms with Crippen molar-refractivity contribution in [1.29, 1.82) is 0 Å². The van der Waals surface area contributed by atoms with Crippen molar-refractivity contribution in [3.8, 4) is 0 Å². The molecular weight excluding hydrogens is 368 g/mol. The molecule has 0 bridgehead atoms. The number of rotatable bonds is 5. The quantitative estimate of drug-likeness (QED) is 0.688. The lowest BCUT2D eigenvalue weighted by atomic mass is 10.1. The molecule has 0 atom stereocenters. The van der Waals surface area contributed by atoms with E-state index >= 15 is 0 Å². The Morgan fingerprint density at radius 1 is 1.37 bits per heavy atom. The first kappa shape index (κ1) is 17.5. The van der Waals surface area contributed by atoms with Gasteiger partial charge in [-0.1, -0.05) is 25.2 Å². The van der Waals surface area contributed by atoms with Gasteiger partial charge in [-0.2, -0.15) is 0 Å². The van der Waals surface area contributed by atoms with Crippen molar-refractivity contribution in [2.45, 2.75) is 39.2 Å². The number of carbonyl (C=O) groups excluding carboxylic acids is 1. The van der Waals surface area contributed by atoms with Crippen LogP contribution in [-0.4, -0.2) is 30.6 Å². The highest BCUT2D eigenvalue weighted by molar-refractivity contribution is 7.15. The second-order valence-corrected chi connectivity index (χ2v) is 8.07. The van der Waals surface area contributed by atoms with Crippen LogP contribution in [0.2, 0.25) is 0 Å². The summed E-state index contributed by atoms with van der Waals surface area (Å²) in [6, 6.07) is 1.51. The lowest BCUT2D eigenvalue weighted by molar-refractivity contribution is 0.102. The molecule has 3 aromatic rings. The van der Waals surface area contributed by atoms with Gasteiger partial charge in [0.1, 0.15) is 10.7 Å². The van der Waals surface area contributed by atoms with Crippen molar-refractivity contribution in [3.05, 3.63) is 43.7 Å². The zero-order valence-corrected chi connectivity index (χ0v) is 15.7. The summed E-state index contributed by atoms with van der Waals surface area (Å²) in [6.45, 7) is 4.16. The molecule has 0 radical (unpaired) electrons. The zero-order chi connectivity index (χ0) is 19.1. The Bertz CT molecular complexity index is 1140. The van der Waals surface area contributed by atoms with Crippen molar-refractivity contribution >= 4 is 33.4 Å². The molecule has 0 aliphatic heterocycles. The van der Waals surface area contributed by atoms with Crippen LogP contribution in [0.15, 0.2) is 21.9 Å². The fourth-order valence-electron chi connectivity index (χ4n) is 2.84. The van der Waals surface area contributed by atoms with E-state index in [0.717, 1.165) is 24.3 Å². The zero-order valence-electron chi connectivity index (χ0n) is 14.9. The molecule has 0 spiro atoms. The van der Waals surface area contributed by atoms with E-state index in [-0.39, 0.29) is 17.0 Å². The minimum atomic E-state index is -0.552. The Morgan fingerprint density at radius 2 is 2.15 bits per heavy atom. The van der Waals surface area contributed by atoms with Gasteiger partial charge in [-0.05, 0) is 24.8 Å². The SMILES string of the molecule is CC(C)Cc1nnc(NC(=O)c2cnc3c(c2)c(=O)[nH]c(=O)n3C2CC2)s1. The van der Waals surface area contributed by atoms with Gasteiger partial charge in [-0.25, -0.2) is 9.78 Å². The van der Waals surface area contributed by atoms with E-state index in [1.54, 1.807) is 0 Å². The van der Waals surface area contributed by atoms with E-state index in [0.29, 0.717) is 16.7 Å². The lowest BCUT2D eigenvalue weighted by Gasteiger charge is -2.08. The van der Waals surface area contributed by atoms with Crippen LogP contribution >= 0.6 is 11.3 Å². The maximum absolute atomic E-state index is 12.5. The molecule has 0 saturated heterocycles. The van der Waals surface area contributed by atoms with E-state index < -0.39 is 17.2 Å². The van der Waals surface area contributed by atoms with Crippen LogP contribution in [0.1, 0.15) is 48.1 Å². The van der Waals surface area contributed by atoms with Crippen LogP contribution in [0, 0.1) is 5.92 Å². The molecule has 1 fully saturated rings. The van der Waals surface area contributed by atoms with Gasteiger partial charge in [-0.3, -0.25) is 24.5 Å². The maximum atomic E-state index is 12.5. The Labute approximate surface area is 157 Å². The average molecular weight is 386 g/mol. The summed E-state index contributed by atoms with van der Waals surface area (Å²) >= 11 is 1.32. The van der Waals surface area contributed by atoms with Crippen LogP contribution in [0.5, 0.6) is 0 Å². The van der Waals surface area contributed by atoms with Gasteiger partial charge in [0.05, 0.1) is 10.9 Å². The molecule has 3 heterocycles. The normalized spacial score (nSPS) is 14.0. The van der Waals surface area contributed by atoms with Gasteiger partial charge in [0, 0.05) is 18.7 Å². The Morgan fingerprint density at radius 3 is 2.85 bits per heavy atom. The third-order valence-corrected chi connectivity index (χ3v) is 5.08. The molecule has 140 valence electrons. The minimum Gasteiger partial charge on any atom is -0.296 e. The van der Waals surface area contributed by atoms with Gasteiger partial charge in [0.2, 0.25) is 5.13 Å². The molecule has 1 aliphatic rings. The number of pyridine rings is 1. The van der Waals surface area contributed by atoms with Gasteiger partial charge in [-0.15, -0.1) is 10.2 Å². The molecule has 0 aromatic carbocycles. The summed E-state index contributed by atoms with van der Waals surface area (Å²) in [7, 11) is 0. The molecule has 2 N–H and O–H groups in total.